The molecule has 102 valence electrons. The van der Waals surface area contributed by atoms with Gasteiger partial charge in [0, 0.05) is 24.7 Å². The molecule has 0 radical (unpaired) electrons. The van der Waals surface area contributed by atoms with E-state index in [0.29, 0.717) is 6.42 Å². The van der Waals surface area contributed by atoms with E-state index in [9.17, 15) is 5.11 Å². The molecule has 0 aromatic carbocycles. The van der Waals surface area contributed by atoms with Gasteiger partial charge in [0.15, 0.2) is 0 Å². The Balaban J connectivity index is 2.26. The molecule has 0 aliphatic heterocycles. The number of aliphatic hydroxyl groups excluding tert-OH is 1. The summed E-state index contributed by atoms with van der Waals surface area (Å²) in [4.78, 5) is 0. The topological polar surface area (TPSA) is 63.8 Å². The number of aliphatic hydroxyl groups is 1. The van der Waals surface area contributed by atoms with Crippen molar-refractivity contribution in [2.75, 3.05) is 0 Å². The smallest absolute Gasteiger partial charge is 0.0861 e. The van der Waals surface area contributed by atoms with Crippen LogP contribution in [0.2, 0.25) is 0 Å². The lowest BCUT2D eigenvalue weighted by Gasteiger charge is -2.11. The van der Waals surface area contributed by atoms with Crippen LogP contribution in [0.1, 0.15) is 36.9 Å². The fourth-order valence-electron chi connectivity index (χ4n) is 2.01. The van der Waals surface area contributed by atoms with Crippen molar-refractivity contribution in [1.29, 1.82) is 0 Å². The van der Waals surface area contributed by atoms with Crippen molar-refractivity contribution in [3.63, 3.8) is 0 Å². The van der Waals surface area contributed by atoms with Gasteiger partial charge in [0.25, 0.3) is 0 Å². The van der Waals surface area contributed by atoms with Gasteiger partial charge >= 0.3 is 0 Å². The Morgan fingerprint density at radius 3 is 2.74 bits per heavy atom. The van der Waals surface area contributed by atoms with Gasteiger partial charge in [0.05, 0.1) is 28.2 Å². The number of hydrogen-bond donors (Lipinski definition) is 1. The minimum Gasteiger partial charge on any atom is -0.388 e. The molecule has 0 amide bonds. The molecule has 0 fully saturated rings. The molecule has 2 heterocycles. The van der Waals surface area contributed by atoms with E-state index in [-0.39, 0.29) is 0 Å². The van der Waals surface area contributed by atoms with E-state index in [1.807, 2.05) is 11.6 Å². The van der Waals surface area contributed by atoms with E-state index in [1.54, 1.807) is 18.5 Å². The highest BCUT2D eigenvalue weighted by Crippen LogP contribution is 2.26. The Bertz CT molecular complexity index is 541. The number of nitrogens with zero attached hydrogens (tertiary/aromatic N) is 4. The molecule has 0 spiro atoms. The van der Waals surface area contributed by atoms with Gasteiger partial charge in [-0.15, -0.1) is 0 Å². The Kier molecular flexibility index (Phi) is 4.66. The molecule has 6 heteroatoms. The van der Waals surface area contributed by atoms with Crippen molar-refractivity contribution in [2.45, 2.75) is 39.3 Å². The van der Waals surface area contributed by atoms with Crippen LogP contribution < -0.4 is 0 Å². The van der Waals surface area contributed by atoms with E-state index in [1.165, 1.54) is 0 Å². The number of aryl methyl sites for hydroxylation is 2. The molecular weight excluding hydrogens is 308 g/mol. The Hall–Kier alpha value is -1.27. The van der Waals surface area contributed by atoms with Gasteiger partial charge in [-0.05, 0) is 35.3 Å². The zero-order valence-electron chi connectivity index (χ0n) is 11.0. The van der Waals surface area contributed by atoms with Crippen molar-refractivity contribution < 1.29 is 5.11 Å². The van der Waals surface area contributed by atoms with Crippen LogP contribution in [0.4, 0.5) is 0 Å². The zero-order chi connectivity index (χ0) is 13.8. The minimum atomic E-state index is -0.599. The average Bonchev–Trinajstić information content (AvgIpc) is 2.76. The van der Waals surface area contributed by atoms with Crippen LogP contribution in [0.3, 0.4) is 0 Å². The number of halogens is 1. The van der Waals surface area contributed by atoms with E-state index in [0.717, 1.165) is 34.4 Å². The Morgan fingerprint density at radius 1 is 1.37 bits per heavy atom. The molecule has 1 atom stereocenters. The fourth-order valence-corrected chi connectivity index (χ4v) is 2.74. The Labute approximate surface area is 120 Å². The summed E-state index contributed by atoms with van der Waals surface area (Å²) in [6, 6.07) is 1.78. The van der Waals surface area contributed by atoms with Crippen molar-refractivity contribution in [3.8, 4) is 0 Å². The lowest BCUT2D eigenvalue weighted by atomic mass is 10.1. The zero-order valence-corrected chi connectivity index (χ0v) is 12.6. The summed E-state index contributed by atoms with van der Waals surface area (Å²) in [5.41, 5.74) is 2.81. The molecule has 0 saturated heterocycles. The van der Waals surface area contributed by atoms with Gasteiger partial charge in [0.2, 0.25) is 0 Å². The summed E-state index contributed by atoms with van der Waals surface area (Å²) < 4.78 is 2.93. The van der Waals surface area contributed by atoms with Gasteiger partial charge in [0.1, 0.15) is 0 Å². The third kappa shape index (κ3) is 3.01. The second kappa shape index (κ2) is 6.25. The van der Waals surface area contributed by atoms with Crippen LogP contribution in [-0.4, -0.2) is 25.1 Å². The van der Waals surface area contributed by atoms with Gasteiger partial charge in [-0.3, -0.25) is 4.68 Å². The molecule has 0 aliphatic carbocycles. The largest absolute Gasteiger partial charge is 0.388 e. The van der Waals surface area contributed by atoms with E-state index >= 15 is 0 Å². The normalized spacial score (nSPS) is 12.6. The number of hydrogen-bond acceptors (Lipinski definition) is 4. The molecular formula is C13H17BrN4O. The average molecular weight is 325 g/mol. The minimum absolute atomic E-state index is 0.507. The first kappa shape index (κ1) is 14.1. The summed E-state index contributed by atoms with van der Waals surface area (Å²) in [7, 11) is 0. The van der Waals surface area contributed by atoms with Gasteiger partial charge < -0.3 is 5.11 Å². The van der Waals surface area contributed by atoms with Crippen LogP contribution in [0.25, 0.3) is 0 Å². The molecule has 2 rings (SSSR count). The van der Waals surface area contributed by atoms with E-state index in [4.69, 9.17) is 0 Å². The first-order valence-corrected chi connectivity index (χ1v) is 7.15. The van der Waals surface area contributed by atoms with Gasteiger partial charge in [-0.1, -0.05) is 6.92 Å². The molecule has 19 heavy (non-hydrogen) atoms. The fraction of sp³-hybridized carbons (Fsp3) is 0.462. The predicted molar refractivity (Wildman–Crippen MR) is 75.7 cm³/mol. The summed E-state index contributed by atoms with van der Waals surface area (Å²) >= 11 is 3.58. The second-order valence-electron chi connectivity index (χ2n) is 4.27. The molecule has 0 bridgehead atoms. The highest BCUT2D eigenvalue weighted by molar-refractivity contribution is 9.10. The van der Waals surface area contributed by atoms with Crippen molar-refractivity contribution in [2.24, 2.45) is 0 Å². The SMILES string of the molecule is CCc1nn(CC)c(CC(O)c2ccnnc2)c1Br. The standard InChI is InChI=1S/C13H17BrN4O/c1-3-10-13(14)11(18(4-2)17-10)7-12(19)9-5-6-15-16-8-9/h5-6,8,12,19H,3-4,7H2,1-2H3. The maximum Gasteiger partial charge on any atom is 0.0861 e. The lowest BCUT2D eigenvalue weighted by molar-refractivity contribution is 0.174. The van der Waals surface area contributed by atoms with Crippen LogP contribution >= 0.6 is 15.9 Å². The summed E-state index contributed by atoms with van der Waals surface area (Å²) in [5, 5.41) is 22.3. The maximum absolute atomic E-state index is 10.3. The highest BCUT2D eigenvalue weighted by Gasteiger charge is 2.18. The predicted octanol–water partition coefficient (Wildman–Crippen LogP) is 2.29. The van der Waals surface area contributed by atoms with Crippen LogP contribution in [0.15, 0.2) is 22.9 Å². The molecule has 0 aliphatic rings. The molecule has 2 aromatic heterocycles. The molecule has 2 aromatic rings. The molecule has 0 saturated carbocycles. The summed E-state index contributed by atoms with van der Waals surface area (Å²) in [6.45, 7) is 4.90. The third-order valence-electron chi connectivity index (χ3n) is 3.07. The highest BCUT2D eigenvalue weighted by atomic mass is 79.9. The first-order valence-electron chi connectivity index (χ1n) is 6.36. The maximum atomic E-state index is 10.3. The molecule has 1 N–H and O–H groups in total. The molecule has 5 nitrogen and oxygen atoms in total. The van der Waals surface area contributed by atoms with Crippen molar-refractivity contribution in [1.82, 2.24) is 20.0 Å². The van der Waals surface area contributed by atoms with E-state index < -0.39 is 6.10 Å². The summed E-state index contributed by atoms with van der Waals surface area (Å²) in [6.07, 6.45) is 3.95. The van der Waals surface area contributed by atoms with Crippen LogP contribution in [0.5, 0.6) is 0 Å². The van der Waals surface area contributed by atoms with E-state index in [2.05, 4.69) is 38.1 Å². The Morgan fingerprint density at radius 2 is 2.16 bits per heavy atom. The quantitative estimate of drug-likeness (QED) is 0.916. The molecule has 1 unspecified atom stereocenters. The van der Waals surface area contributed by atoms with Crippen molar-refractivity contribution in [3.05, 3.63) is 39.9 Å². The monoisotopic (exact) mass is 324 g/mol. The van der Waals surface area contributed by atoms with Crippen molar-refractivity contribution >= 4 is 15.9 Å². The lowest BCUT2D eigenvalue weighted by Crippen LogP contribution is -2.09. The number of rotatable bonds is 5. The second-order valence-corrected chi connectivity index (χ2v) is 5.07. The third-order valence-corrected chi connectivity index (χ3v) is 3.99. The van der Waals surface area contributed by atoms with Gasteiger partial charge in [-0.25, -0.2) is 0 Å². The van der Waals surface area contributed by atoms with Gasteiger partial charge in [-0.2, -0.15) is 15.3 Å². The summed E-state index contributed by atoms with van der Waals surface area (Å²) in [5.74, 6) is 0. The van der Waals surface area contributed by atoms with Crippen LogP contribution in [-0.2, 0) is 19.4 Å². The first-order chi connectivity index (χ1) is 9.17. The van der Waals surface area contributed by atoms with Crippen LogP contribution in [0, 0.1) is 0 Å². The number of aromatic nitrogens is 4.